The van der Waals surface area contributed by atoms with Gasteiger partial charge in [0.1, 0.15) is 0 Å². The molecule has 2 unspecified atom stereocenters. The Hall–Kier alpha value is -0.910. The molecule has 2 atom stereocenters. The third kappa shape index (κ3) is 4.03. The fourth-order valence-electron chi connectivity index (χ4n) is 2.89. The summed E-state index contributed by atoms with van der Waals surface area (Å²) in [6.45, 7) is 3.40. The van der Waals surface area contributed by atoms with Crippen molar-refractivity contribution in [1.29, 1.82) is 0 Å². The zero-order chi connectivity index (χ0) is 13.8. The summed E-state index contributed by atoms with van der Waals surface area (Å²) in [5.74, 6) is 0. The molecule has 1 aliphatic heterocycles. The van der Waals surface area contributed by atoms with Gasteiger partial charge in [0, 0.05) is 31.9 Å². The summed E-state index contributed by atoms with van der Waals surface area (Å²) in [6.07, 6.45) is 7.29. The van der Waals surface area contributed by atoms with Crippen molar-refractivity contribution in [2.75, 3.05) is 33.7 Å². The summed E-state index contributed by atoms with van der Waals surface area (Å²) in [5, 5.41) is 4.21. The van der Waals surface area contributed by atoms with Crippen LogP contribution in [0.3, 0.4) is 0 Å². The van der Waals surface area contributed by atoms with Gasteiger partial charge in [-0.25, -0.2) is 0 Å². The molecule has 1 aromatic rings. The van der Waals surface area contributed by atoms with Crippen molar-refractivity contribution in [2.24, 2.45) is 12.8 Å². The smallest absolute Gasteiger partial charge is 0.0521 e. The highest BCUT2D eigenvalue weighted by Gasteiger charge is 2.25. The molecule has 1 fully saturated rings. The number of aryl methyl sites for hydroxylation is 2. The van der Waals surface area contributed by atoms with Gasteiger partial charge >= 0.3 is 0 Å². The molecule has 2 heterocycles. The zero-order valence-corrected chi connectivity index (χ0v) is 12.4. The first-order valence-corrected chi connectivity index (χ1v) is 7.18. The van der Waals surface area contributed by atoms with Crippen LogP contribution in [0.25, 0.3) is 0 Å². The Morgan fingerprint density at radius 3 is 2.84 bits per heavy atom. The van der Waals surface area contributed by atoms with Crippen molar-refractivity contribution in [3.8, 4) is 0 Å². The van der Waals surface area contributed by atoms with Gasteiger partial charge in [-0.3, -0.25) is 4.68 Å². The van der Waals surface area contributed by atoms with E-state index in [4.69, 9.17) is 5.73 Å². The Labute approximate surface area is 116 Å². The molecule has 2 rings (SSSR count). The monoisotopic (exact) mass is 265 g/mol. The molecule has 1 aliphatic rings. The molecule has 0 amide bonds. The predicted octanol–water partition coefficient (Wildman–Crippen LogP) is 0.316. The highest BCUT2D eigenvalue weighted by molar-refractivity contribution is 5.04. The number of hydrogen-bond acceptors (Lipinski definition) is 4. The van der Waals surface area contributed by atoms with E-state index in [2.05, 4.69) is 35.2 Å². The second-order valence-corrected chi connectivity index (χ2v) is 5.89. The lowest BCUT2D eigenvalue weighted by atomic mass is 10.0. The summed E-state index contributed by atoms with van der Waals surface area (Å²) < 4.78 is 1.85. The van der Waals surface area contributed by atoms with Gasteiger partial charge in [0.05, 0.1) is 6.20 Å². The van der Waals surface area contributed by atoms with E-state index in [9.17, 15) is 0 Å². The van der Waals surface area contributed by atoms with Crippen molar-refractivity contribution in [1.82, 2.24) is 19.6 Å². The lowest BCUT2D eigenvalue weighted by Crippen LogP contribution is -2.50. The zero-order valence-electron chi connectivity index (χ0n) is 12.4. The molecule has 1 aromatic heterocycles. The summed E-state index contributed by atoms with van der Waals surface area (Å²) in [5.41, 5.74) is 7.71. The third-order valence-corrected chi connectivity index (χ3v) is 4.13. The van der Waals surface area contributed by atoms with Crippen molar-refractivity contribution in [3.63, 3.8) is 0 Å². The molecule has 2 N–H and O–H groups in total. The molecule has 1 saturated heterocycles. The molecule has 0 radical (unpaired) electrons. The quantitative estimate of drug-likeness (QED) is 0.851. The summed E-state index contributed by atoms with van der Waals surface area (Å²) >= 11 is 0. The summed E-state index contributed by atoms with van der Waals surface area (Å²) in [4.78, 5) is 4.83. The molecule has 0 spiro atoms. The maximum absolute atomic E-state index is 6.43. The van der Waals surface area contributed by atoms with E-state index < -0.39 is 0 Å². The van der Waals surface area contributed by atoms with E-state index in [1.807, 2.05) is 17.9 Å². The maximum atomic E-state index is 6.43. The van der Waals surface area contributed by atoms with E-state index in [1.54, 1.807) is 0 Å². The van der Waals surface area contributed by atoms with Crippen LogP contribution in [0.5, 0.6) is 0 Å². The molecule has 0 saturated carbocycles. The van der Waals surface area contributed by atoms with E-state index in [0.29, 0.717) is 6.04 Å². The Kier molecular flexibility index (Phi) is 4.96. The molecular weight excluding hydrogens is 238 g/mol. The van der Waals surface area contributed by atoms with Crippen LogP contribution in [0.1, 0.15) is 18.4 Å². The molecule has 5 heteroatoms. The van der Waals surface area contributed by atoms with Gasteiger partial charge in [-0.1, -0.05) is 0 Å². The van der Waals surface area contributed by atoms with Crippen molar-refractivity contribution in [2.45, 2.75) is 31.3 Å². The van der Waals surface area contributed by atoms with Crippen LogP contribution in [0.15, 0.2) is 12.4 Å². The van der Waals surface area contributed by atoms with Gasteiger partial charge in [-0.2, -0.15) is 5.10 Å². The molecular formula is C14H27N5. The van der Waals surface area contributed by atoms with E-state index in [-0.39, 0.29) is 6.04 Å². The second kappa shape index (κ2) is 6.50. The highest BCUT2D eigenvalue weighted by Crippen LogP contribution is 2.13. The lowest BCUT2D eigenvalue weighted by molar-refractivity contribution is 0.191. The molecule has 0 aromatic carbocycles. The Bertz CT molecular complexity index is 389. The minimum Gasteiger partial charge on any atom is -0.326 e. The van der Waals surface area contributed by atoms with Crippen LogP contribution < -0.4 is 5.73 Å². The van der Waals surface area contributed by atoms with Crippen molar-refractivity contribution >= 4 is 0 Å². The van der Waals surface area contributed by atoms with Gasteiger partial charge in [0.2, 0.25) is 0 Å². The largest absolute Gasteiger partial charge is 0.326 e. The third-order valence-electron chi connectivity index (χ3n) is 4.13. The minimum absolute atomic E-state index is 0.228. The topological polar surface area (TPSA) is 50.3 Å². The maximum Gasteiger partial charge on any atom is 0.0521 e. The lowest BCUT2D eigenvalue weighted by Gasteiger charge is -2.32. The van der Waals surface area contributed by atoms with Gasteiger partial charge in [0.15, 0.2) is 0 Å². The minimum atomic E-state index is 0.228. The highest BCUT2D eigenvalue weighted by atomic mass is 15.2. The van der Waals surface area contributed by atoms with Crippen molar-refractivity contribution in [3.05, 3.63) is 18.0 Å². The SMILES string of the molecule is CN1CCCN(C)C(C(N)CCc2cnn(C)c2)C1. The average Bonchev–Trinajstić information content (AvgIpc) is 2.70. The number of nitrogens with zero attached hydrogens (tertiary/aromatic N) is 4. The number of hydrogen-bond donors (Lipinski definition) is 1. The fraction of sp³-hybridized carbons (Fsp3) is 0.786. The Balaban J connectivity index is 1.88. The molecule has 108 valence electrons. The van der Waals surface area contributed by atoms with Crippen LogP contribution in [-0.2, 0) is 13.5 Å². The fourth-order valence-corrected chi connectivity index (χ4v) is 2.89. The molecule has 19 heavy (non-hydrogen) atoms. The van der Waals surface area contributed by atoms with Gasteiger partial charge in [-0.05, 0) is 52.0 Å². The number of rotatable bonds is 4. The number of nitrogens with two attached hydrogens (primary N) is 1. The van der Waals surface area contributed by atoms with Gasteiger partial charge in [0.25, 0.3) is 0 Å². The molecule has 0 bridgehead atoms. The summed E-state index contributed by atoms with van der Waals surface area (Å²) in [6, 6.07) is 0.690. The number of likely N-dealkylation sites (N-methyl/N-ethyl adjacent to an activating group) is 2. The van der Waals surface area contributed by atoms with Crippen LogP contribution in [-0.4, -0.2) is 65.4 Å². The Morgan fingerprint density at radius 2 is 2.16 bits per heavy atom. The second-order valence-electron chi connectivity index (χ2n) is 5.89. The van der Waals surface area contributed by atoms with E-state index >= 15 is 0 Å². The van der Waals surface area contributed by atoms with Gasteiger partial charge < -0.3 is 15.5 Å². The first-order valence-electron chi connectivity index (χ1n) is 7.18. The van der Waals surface area contributed by atoms with Crippen molar-refractivity contribution < 1.29 is 0 Å². The van der Waals surface area contributed by atoms with Crippen LogP contribution in [0.4, 0.5) is 0 Å². The standard InChI is InChI=1S/C14H27N5/c1-17-7-4-8-18(2)14(11-17)13(15)6-5-12-9-16-19(3)10-12/h9-10,13-14H,4-8,11,15H2,1-3H3. The Morgan fingerprint density at radius 1 is 1.37 bits per heavy atom. The predicted molar refractivity (Wildman–Crippen MR) is 78.0 cm³/mol. The van der Waals surface area contributed by atoms with E-state index in [1.165, 1.54) is 18.5 Å². The van der Waals surface area contributed by atoms with Crippen LogP contribution >= 0.6 is 0 Å². The molecule has 5 nitrogen and oxygen atoms in total. The van der Waals surface area contributed by atoms with Crippen LogP contribution in [0, 0.1) is 0 Å². The first-order chi connectivity index (χ1) is 9.06. The average molecular weight is 265 g/mol. The normalized spacial score (nSPS) is 24.3. The number of aromatic nitrogens is 2. The summed E-state index contributed by atoms with van der Waals surface area (Å²) in [7, 11) is 6.35. The molecule has 0 aliphatic carbocycles. The van der Waals surface area contributed by atoms with Crippen LogP contribution in [0.2, 0.25) is 0 Å². The van der Waals surface area contributed by atoms with E-state index in [0.717, 1.165) is 25.9 Å². The van der Waals surface area contributed by atoms with Gasteiger partial charge in [-0.15, -0.1) is 0 Å². The first kappa shape index (κ1) is 14.5.